The Hall–Kier alpha value is -0.380. The van der Waals surface area contributed by atoms with E-state index in [0.717, 1.165) is 13.0 Å². The zero-order chi connectivity index (χ0) is 9.26. The van der Waals surface area contributed by atoms with Crippen molar-refractivity contribution < 1.29 is 4.74 Å². The Kier molecular flexibility index (Phi) is 2.67. The molecule has 2 rings (SSSR count). The number of ether oxygens (including phenoxy) is 1. The minimum Gasteiger partial charge on any atom is -0.378 e. The summed E-state index contributed by atoms with van der Waals surface area (Å²) in [6, 6.07) is 2.27. The van der Waals surface area contributed by atoms with Gasteiger partial charge in [0.15, 0.2) is 0 Å². The molecule has 0 spiro atoms. The van der Waals surface area contributed by atoms with Gasteiger partial charge in [-0.3, -0.25) is 0 Å². The second-order valence-electron chi connectivity index (χ2n) is 3.61. The van der Waals surface area contributed by atoms with Gasteiger partial charge in [-0.05, 0) is 35.7 Å². The van der Waals surface area contributed by atoms with Gasteiger partial charge in [-0.1, -0.05) is 0 Å². The fourth-order valence-electron chi connectivity index (χ4n) is 1.93. The predicted molar refractivity (Wildman–Crippen MR) is 54.8 cm³/mol. The fraction of sp³-hybridized carbons (Fsp3) is 0.600. The predicted octanol–water partition coefficient (Wildman–Crippen LogP) is 2.17. The summed E-state index contributed by atoms with van der Waals surface area (Å²) >= 11 is 1.71. The molecule has 0 saturated carbocycles. The maximum absolute atomic E-state index is 6.16. The SMILES string of the molecule is CC1OCCC1C(N)c1ccsc1. The molecule has 0 aliphatic carbocycles. The number of rotatable bonds is 2. The molecule has 72 valence electrons. The van der Waals surface area contributed by atoms with Gasteiger partial charge in [0.1, 0.15) is 0 Å². The zero-order valence-electron chi connectivity index (χ0n) is 7.77. The first-order chi connectivity index (χ1) is 6.29. The molecular formula is C10H15NOS. The van der Waals surface area contributed by atoms with Crippen molar-refractivity contribution in [2.75, 3.05) is 6.61 Å². The van der Waals surface area contributed by atoms with Gasteiger partial charge in [-0.25, -0.2) is 0 Å². The van der Waals surface area contributed by atoms with Crippen LogP contribution in [0.1, 0.15) is 24.9 Å². The molecule has 0 amide bonds. The van der Waals surface area contributed by atoms with Gasteiger partial charge < -0.3 is 10.5 Å². The summed E-state index contributed by atoms with van der Waals surface area (Å²) in [4.78, 5) is 0. The first kappa shape index (κ1) is 9.19. The monoisotopic (exact) mass is 197 g/mol. The van der Waals surface area contributed by atoms with Crippen molar-refractivity contribution in [2.24, 2.45) is 11.7 Å². The summed E-state index contributed by atoms with van der Waals surface area (Å²) in [5.41, 5.74) is 7.42. The second-order valence-corrected chi connectivity index (χ2v) is 4.39. The van der Waals surface area contributed by atoms with E-state index in [9.17, 15) is 0 Å². The van der Waals surface area contributed by atoms with Gasteiger partial charge in [0, 0.05) is 18.6 Å². The maximum atomic E-state index is 6.16. The van der Waals surface area contributed by atoms with E-state index in [4.69, 9.17) is 10.5 Å². The van der Waals surface area contributed by atoms with Crippen molar-refractivity contribution in [3.8, 4) is 0 Å². The molecule has 1 aliphatic rings. The van der Waals surface area contributed by atoms with Crippen LogP contribution >= 0.6 is 11.3 Å². The van der Waals surface area contributed by atoms with E-state index in [1.165, 1.54) is 5.56 Å². The Morgan fingerprint density at radius 2 is 2.54 bits per heavy atom. The highest BCUT2D eigenvalue weighted by Gasteiger charge is 2.30. The molecule has 0 radical (unpaired) electrons. The third-order valence-electron chi connectivity index (χ3n) is 2.82. The van der Waals surface area contributed by atoms with Crippen molar-refractivity contribution in [1.29, 1.82) is 0 Å². The minimum absolute atomic E-state index is 0.156. The lowest BCUT2D eigenvalue weighted by Gasteiger charge is -2.20. The molecule has 13 heavy (non-hydrogen) atoms. The zero-order valence-corrected chi connectivity index (χ0v) is 8.59. The second kappa shape index (κ2) is 3.78. The number of hydrogen-bond acceptors (Lipinski definition) is 3. The van der Waals surface area contributed by atoms with Crippen LogP contribution in [0.15, 0.2) is 16.8 Å². The van der Waals surface area contributed by atoms with Crippen LogP contribution < -0.4 is 5.73 Å². The first-order valence-corrected chi connectivity index (χ1v) is 5.62. The van der Waals surface area contributed by atoms with Crippen molar-refractivity contribution in [3.63, 3.8) is 0 Å². The summed E-state index contributed by atoms with van der Waals surface area (Å²) < 4.78 is 5.51. The van der Waals surface area contributed by atoms with Crippen LogP contribution in [-0.2, 0) is 4.74 Å². The topological polar surface area (TPSA) is 35.2 Å². The molecule has 1 aromatic rings. The van der Waals surface area contributed by atoms with Gasteiger partial charge in [-0.2, -0.15) is 11.3 Å². The highest BCUT2D eigenvalue weighted by atomic mass is 32.1. The summed E-state index contributed by atoms with van der Waals surface area (Å²) in [5.74, 6) is 0.495. The molecule has 3 atom stereocenters. The van der Waals surface area contributed by atoms with E-state index in [2.05, 4.69) is 23.8 Å². The van der Waals surface area contributed by atoms with Crippen LogP contribution in [0, 0.1) is 5.92 Å². The quantitative estimate of drug-likeness (QED) is 0.788. The Bertz CT molecular complexity index is 260. The average Bonchev–Trinajstić information content (AvgIpc) is 2.72. The molecule has 0 bridgehead atoms. The van der Waals surface area contributed by atoms with Crippen molar-refractivity contribution >= 4 is 11.3 Å². The Labute approximate surface area is 82.7 Å². The Balaban J connectivity index is 2.08. The molecule has 3 unspecified atom stereocenters. The van der Waals surface area contributed by atoms with Crippen LogP contribution in [0.2, 0.25) is 0 Å². The smallest absolute Gasteiger partial charge is 0.0594 e. The van der Waals surface area contributed by atoms with Crippen molar-refractivity contribution in [1.82, 2.24) is 0 Å². The number of nitrogens with two attached hydrogens (primary N) is 1. The van der Waals surface area contributed by atoms with E-state index in [0.29, 0.717) is 12.0 Å². The van der Waals surface area contributed by atoms with Gasteiger partial charge in [0.05, 0.1) is 6.10 Å². The number of thiophene rings is 1. The van der Waals surface area contributed by atoms with E-state index in [1.54, 1.807) is 11.3 Å². The summed E-state index contributed by atoms with van der Waals surface area (Å²) in [6.07, 6.45) is 1.41. The molecule has 3 heteroatoms. The minimum atomic E-state index is 0.156. The van der Waals surface area contributed by atoms with E-state index < -0.39 is 0 Å². The van der Waals surface area contributed by atoms with Crippen LogP contribution in [0.4, 0.5) is 0 Å². The lowest BCUT2D eigenvalue weighted by atomic mass is 9.90. The molecule has 1 aromatic heterocycles. The van der Waals surface area contributed by atoms with E-state index >= 15 is 0 Å². The lowest BCUT2D eigenvalue weighted by molar-refractivity contribution is 0.0995. The Morgan fingerprint density at radius 3 is 3.08 bits per heavy atom. The molecule has 1 aliphatic heterocycles. The molecule has 1 fully saturated rings. The van der Waals surface area contributed by atoms with Gasteiger partial charge in [0.2, 0.25) is 0 Å². The standard InChI is InChI=1S/C10H15NOS/c1-7-9(2-4-12-7)10(11)8-3-5-13-6-8/h3,5-7,9-10H,2,4,11H2,1H3. The van der Waals surface area contributed by atoms with Crippen molar-refractivity contribution in [2.45, 2.75) is 25.5 Å². The molecule has 2 nitrogen and oxygen atoms in total. The molecule has 0 aromatic carbocycles. The maximum Gasteiger partial charge on any atom is 0.0594 e. The molecule has 1 saturated heterocycles. The van der Waals surface area contributed by atoms with Gasteiger partial charge in [-0.15, -0.1) is 0 Å². The van der Waals surface area contributed by atoms with E-state index in [1.807, 2.05) is 0 Å². The number of hydrogen-bond donors (Lipinski definition) is 1. The molecular weight excluding hydrogens is 182 g/mol. The average molecular weight is 197 g/mol. The van der Waals surface area contributed by atoms with Crippen molar-refractivity contribution in [3.05, 3.63) is 22.4 Å². The van der Waals surface area contributed by atoms with Gasteiger partial charge in [0.25, 0.3) is 0 Å². The van der Waals surface area contributed by atoms with Crippen LogP contribution in [0.3, 0.4) is 0 Å². The Morgan fingerprint density at radius 1 is 1.69 bits per heavy atom. The van der Waals surface area contributed by atoms with Gasteiger partial charge >= 0.3 is 0 Å². The molecule has 2 heterocycles. The largest absolute Gasteiger partial charge is 0.378 e. The fourth-order valence-corrected chi connectivity index (χ4v) is 2.64. The first-order valence-electron chi connectivity index (χ1n) is 4.68. The third-order valence-corrected chi connectivity index (χ3v) is 3.53. The molecule has 2 N–H and O–H groups in total. The normalized spacial score (nSPS) is 30.6. The van der Waals surface area contributed by atoms with E-state index in [-0.39, 0.29) is 6.04 Å². The summed E-state index contributed by atoms with van der Waals surface area (Å²) in [6.45, 7) is 2.98. The summed E-state index contributed by atoms with van der Waals surface area (Å²) in [5, 5.41) is 4.21. The van der Waals surface area contributed by atoms with Crippen LogP contribution in [0.5, 0.6) is 0 Å². The lowest BCUT2D eigenvalue weighted by Crippen LogP contribution is -2.26. The highest BCUT2D eigenvalue weighted by Crippen LogP contribution is 2.32. The van der Waals surface area contributed by atoms with Crippen LogP contribution in [-0.4, -0.2) is 12.7 Å². The summed E-state index contributed by atoms with van der Waals surface area (Å²) in [7, 11) is 0. The van der Waals surface area contributed by atoms with Crippen LogP contribution in [0.25, 0.3) is 0 Å². The third kappa shape index (κ3) is 1.77. The highest BCUT2D eigenvalue weighted by molar-refractivity contribution is 7.07.